The minimum atomic E-state index is -5.06. The molecule has 4 rings (SSSR count). The van der Waals surface area contributed by atoms with Crippen LogP contribution in [-0.4, -0.2) is 43.9 Å². The van der Waals surface area contributed by atoms with Crippen LogP contribution in [0.3, 0.4) is 0 Å². The van der Waals surface area contributed by atoms with E-state index in [9.17, 15) is 38.9 Å². The minimum absolute atomic E-state index is 0. The van der Waals surface area contributed by atoms with Gasteiger partial charge in [-0.05, 0) is 41.8 Å². The van der Waals surface area contributed by atoms with Crippen molar-refractivity contribution in [2.75, 3.05) is 5.32 Å². The van der Waals surface area contributed by atoms with Gasteiger partial charge in [-0.15, -0.1) is 0 Å². The Morgan fingerprint density at radius 1 is 0.706 bits per heavy atom. The normalized spacial score (nSPS) is 12.4. The summed E-state index contributed by atoms with van der Waals surface area (Å²) in [5, 5.41) is 2.86. The van der Waals surface area contributed by atoms with Crippen LogP contribution in [0.2, 0.25) is 0 Å². The van der Waals surface area contributed by atoms with Gasteiger partial charge in [0, 0.05) is 28.3 Å². The van der Waals surface area contributed by atoms with Crippen LogP contribution in [0.4, 0.5) is 11.4 Å². The summed E-state index contributed by atoms with van der Waals surface area (Å²) in [5.41, 5.74) is 0.738. The third-order valence-corrected chi connectivity index (χ3v) is 7.29. The van der Waals surface area contributed by atoms with Crippen molar-refractivity contribution >= 4 is 63.4 Å². The second kappa shape index (κ2) is 9.14. The molecule has 0 fully saturated rings. The van der Waals surface area contributed by atoms with E-state index in [4.69, 9.17) is 0 Å². The zero-order valence-corrected chi connectivity index (χ0v) is 21.7. The van der Waals surface area contributed by atoms with Crippen molar-refractivity contribution in [3.8, 4) is 0 Å². The average molecular weight is 534 g/mol. The first kappa shape index (κ1) is 26.5. The van der Waals surface area contributed by atoms with E-state index in [1.54, 1.807) is 24.3 Å². The Labute approximate surface area is 216 Å². The van der Waals surface area contributed by atoms with Gasteiger partial charge in [0.1, 0.15) is 4.90 Å². The van der Waals surface area contributed by atoms with Gasteiger partial charge in [0.15, 0.2) is 0 Å². The fourth-order valence-electron chi connectivity index (χ4n) is 3.37. The predicted octanol–water partition coefficient (Wildman–Crippen LogP) is -0.124. The molecular formula is C19H14N2NaO9S3+. The van der Waals surface area contributed by atoms with Crippen LogP contribution in [0.15, 0.2) is 75.5 Å². The first-order valence-corrected chi connectivity index (χ1v) is 13.2. The van der Waals surface area contributed by atoms with E-state index in [0.29, 0.717) is 22.7 Å². The maximum atomic E-state index is 12.1. The third-order valence-electron chi connectivity index (χ3n) is 4.75. The Morgan fingerprint density at radius 2 is 1.29 bits per heavy atom. The number of nitrogens with one attached hydrogen (secondary N) is 1. The summed E-state index contributed by atoms with van der Waals surface area (Å²) in [6, 6.07) is 11.5. The van der Waals surface area contributed by atoms with E-state index in [1.165, 1.54) is 12.3 Å². The summed E-state index contributed by atoms with van der Waals surface area (Å²) in [7, 11) is -14.8. The molecule has 11 nitrogen and oxygen atoms in total. The van der Waals surface area contributed by atoms with Gasteiger partial charge in [0.25, 0.3) is 30.4 Å². The summed E-state index contributed by atoms with van der Waals surface area (Å²) in [4.78, 5) is 1.69. The van der Waals surface area contributed by atoms with Crippen LogP contribution < -0.4 is 34.9 Å². The molecule has 0 bridgehead atoms. The van der Waals surface area contributed by atoms with Gasteiger partial charge in [-0.3, -0.25) is 18.6 Å². The van der Waals surface area contributed by atoms with Crippen LogP contribution in [0.1, 0.15) is 0 Å². The van der Waals surface area contributed by atoms with Crippen LogP contribution in [0.25, 0.3) is 21.7 Å². The number of anilines is 2. The standard InChI is InChI=1S/C19H14N2O9S3.Na/c22-31(23,24)12-7-11-8-13(32(25,26)27)10-18(33(28,29)30)19(11)17(9-12)21-16-5-6-20-15-4-2-1-3-14(15)16;/h1-10H,(H,20,21)(H,22,23,24)(H,25,26,27)(H,28,29,30);/q;+1. The van der Waals surface area contributed by atoms with Crippen molar-refractivity contribution in [2.45, 2.75) is 14.7 Å². The number of pyridine rings is 1. The van der Waals surface area contributed by atoms with E-state index in [-0.39, 0.29) is 46.0 Å². The summed E-state index contributed by atoms with van der Waals surface area (Å²) in [6.07, 6.45) is 1.44. The molecule has 0 radical (unpaired) electrons. The number of hydrogen-bond donors (Lipinski definition) is 4. The smallest absolute Gasteiger partial charge is 0.354 e. The molecule has 34 heavy (non-hydrogen) atoms. The van der Waals surface area contributed by atoms with Crippen LogP contribution in [-0.2, 0) is 30.4 Å². The van der Waals surface area contributed by atoms with Crippen molar-refractivity contribution in [1.82, 2.24) is 4.98 Å². The zero-order valence-electron chi connectivity index (χ0n) is 17.2. The van der Waals surface area contributed by atoms with Gasteiger partial charge in [0.05, 0.1) is 15.3 Å². The number of fused-ring (bicyclic) bond motifs is 2. The Kier molecular flexibility index (Phi) is 7.12. The third kappa shape index (κ3) is 5.25. The fraction of sp³-hybridized carbons (Fsp3) is 0. The largest absolute Gasteiger partial charge is 1.00 e. The molecule has 0 saturated heterocycles. The molecule has 0 saturated carbocycles. The van der Waals surface area contributed by atoms with Crippen molar-refractivity contribution in [3.63, 3.8) is 0 Å². The maximum Gasteiger partial charge on any atom is 1.00 e. The molecule has 4 N–H and O–H groups in total. The first-order valence-electron chi connectivity index (χ1n) is 8.90. The topological polar surface area (TPSA) is 188 Å². The van der Waals surface area contributed by atoms with Gasteiger partial charge in [-0.2, -0.15) is 25.3 Å². The monoisotopic (exact) mass is 533 g/mol. The van der Waals surface area contributed by atoms with E-state index < -0.39 is 45.0 Å². The van der Waals surface area contributed by atoms with E-state index in [1.807, 2.05) is 0 Å². The number of nitrogens with zero attached hydrogens (tertiary/aromatic N) is 1. The predicted molar refractivity (Wildman–Crippen MR) is 118 cm³/mol. The first-order chi connectivity index (χ1) is 15.2. The Bertz CT molecular complexity index is 1760. The Morgan fingerprint density at radius 3 is 1.88 bits per heavy atom. The molecule has 0 aliphatic heterocycles. The Balaban J connectivity index is 0.00000324. The number of benzene rings is 3. The summed E-state index contributed by atoms with van der Waals surface area (Å²) in [6.45, 7) is 0. The number of rotatable bonds is 5. The van der Waals surface area contributed by atoms with E-state index >= 15 is 0 Å². The van der Waals surface area contributed by atoms with Gasteiger partial charge in [-0.25, -0.2) is 0 Å². The van der Waals surface area contributed by atoms with E-state index in [0.717, 1.165) is 18.2 Å². The summed E-state index contributed by atoms with van der Waals surface area (Å²) in [5.74, 6) is 0. The number of hydrogen-bond acceptors (Lipinski definition) is 8. The maximum absolute atomic E-state index is 12.1. The summed E-state index contributed by atoms with van der Waals surface area (Å²) < 4.78 is 99.9. The van der Waals surface area contributed by atoms with Crippen molar-refractivity contribution < 1.29 is 68.5 Å². The molecule has 172 valence electrons. The van der Waals surface area contributed by atoms with Crippen LogP contribution in [0, 0.1) is 0 Å². The second-order valence-corrected chi connectivity index (χ2v) is 11.1. The van der Waals surface area contributed by atoms with Crippen molar-refractivity contribution in [1.29, 1.82) is 0 Å². The number of para-hydroxylation sites is 1. The second-order valence-electron chi connectivity index (χ2n) is 6.92. The molecule has 0 amide bonds. The molecule has 0 unspecified atom stereocenters. The molecule has 3 aromatic carbocycles. The zero-order chi connectivity index (χ0) is 24.2. The molecule has 0 atom stereocenters. The van der Waals surface area contributed by atoms with Crippen LogP contribution in [0.5, 0.6) is 0 Å². The summed E-state index contributed by atoms with van der Waals surface area (Å²) >= 11 is 0. The molecule has 1 heterocycles. The van der Waals surface area contributed by atoms with Crippen molar-refractivity contribution in [3.05, 3.63) is 60.8 Å². The molecular weight excluding hydrogens is 519 g/mol. The molecule has 1 aromatic heterocycles. The minimum Gasteiger partial charge on any atom is -0.354 e. The van der Waals surface area contributed by atoms with Crippen LogP contribution >= 0.6 is 0 Å². The molecule has 0 spiro atoms. The molecule has 15 heteroatoms. The average Bonchev–Trinajstić information content (AvgIpc) is 2.71. The number of aromatic nitrogens is 1. The van der Waals surface area contributed by atoms with Crippen molar-refractivity contribution in [2.24, 2.45) is 0 Å². The van der Waals surface area contributed by atoms with Gasteiger partial charge in [-0.1, -0.05) is 18.2 Å². The SMILES string of the molecule is O=S(=O)(O)c1cc(Nc2ccnc3ccccc23)c2c(S(=O)(=O)O)cc(S(=O)(=O)O)cc2c1.[Na+]. The van der Waals surface area contributed by atoms with Gasteiger partial charge < -0.3 is 5.32 Å². The Hall–Kier alpha value is -2.14. The molecule has 0 aliphatic carbocycles. The molecule has 0 aliphatic rings. The fourth-order valence-corrected chi connectivity index (χ4v) is 5.29. The quantitative estimate of drug-likeness (QED) is 0.198. The molecule has 4 aromatic rings. The van der Waals surface area contributed by atoms with Gasteiger partial charge in [0.2, 0.25) is 0 Å². The van der Waals surface area contributed by atoms with E-state index in [2.05, 4.69) is 10.3 Å². The van der Waals surface area contributed by atoms with Gasteiger partial charge >= 0.3 is 29.6 Å².